The van der Waals surface area contributed by atoms with Crippen LogP contribution < -0.4 is 16.0 Å². The Bertz CT molecular complexity index is 721. The van der Waals surface area contributed by atoms with E-state index in [1.165, 1.54) is 0 Å². The summed E-state index contributed by atoms with van der Waals surface area (Å²) in [5.41, 5.74) is -0.807. The van der Waals surface area contributed by atoms with Crippen LogP contribution in [0.4, 0.5) is 13.6 Å². The number of carboxylic acid groups (broad SMARTS) is 1. The SMILES string of the molecule is CC(C)C[C@H](NC(=O)[C@@H](NC(=O)OC(C)(C)C)C(C)C)C(=O)NC(CC(F)F)C(=O)C(=O)O. The number of amides is 3. The van der Waals surface area contributed by atoms with Crippen molar-refractivity contribution in [2.75, 3.05) is 0 Å². The van der Waals surface area contributed by atoms with E-state index in [-0.39, 0.29) is 12.3 Å². The summed E-state index contributed by atoms with van der Waals surface area (Å²) in [6.07, 6.45) is -5.00. The molecule has 0 fully saturated rings. The molecular formula is C21H35F2N3O7. The molecule has 33 heavy (non-hydrogen) atoms. The van der Waals surface area contributed by atoms with Crippen molar-refractivity contribution >= 4 is 29.7 Å². The Morgan fingerprint density at radius 2 is 1.36 bits per heavy atom. The van der Waals surface area contributed by atoms with Gasteiger partial charge in [-0.2, -0.15) is 0 Å². The summed E-state index contributed by atoms with van der Waals surface area (Å²) in [5.74, 6) is -5.82. The third-order valence-electron chi connectivity index (χ3n) is 4.22. The molecule has 0 rings (SSSR count). The van der Waals surface area contributed by atoms with E-state index in [1.807, 2.05) is 5.32 Å². The minimum atomic E-state index is -3.04. The molecule has 3 atom stereocenters. The van der Waals surface area contributed by atoms with Gasteiger partial charge in [0.15, 0.2) is 0 Å². The summed E-state index contributed by atoms with van der Waals surface area (Å²) in [7, 11) is 0. The summed E-state index contributed by atoms with van der Waals surface area (Å²) in [5, 5.41) is 15.7. The van der Waals surface area contributed by atoms with Crippen LogP contribution in [0, 0.1) is 11.8 Å². The molecule has 1 unspecified atom stereocenters. The average Bonchev–Trinajstić information content (AvgIpc) is 2.61. The Kier molecular flexibility index (Phi) is 11.9. The number of hydrogen-bond acceptors (Lipinski definition) is 6. The number of rotatable bonds is 12. The summed E-state index contributed by atoms with van der Waals surface area (Å²) >= 11 is 0. The molecule has 0 aromatic rings. The molecule has 12 heteroatoms. The van der Waals surface area contributed by atoms with Crippen LogP contribution in [-0.4, -0.2) is 64.9 Å². The minimum absolute atomic E-state index is 0.0670. The van der Waals surface area contributed by atoms with E-state index < -0.39 is 72.2 Å². The zero-order valence-electron chi connectivity index (χ0n) is 20.0. The fourth-order valence-electron chi connectivity index (χ4n) is 2.76. The number of alkyl carbamates (subject to hydrolysis) is 1. The van der Waals surface area contributed by atoms with Gasteiger partial charge in [0.1, 0.15) is 23.7 Å². The number of aliphatic carboxylic acids is 1. The van der Waals surface area contributed by atoms with Gasteiger partial charge in [-0.25, -0.2) is 18.4 Å². The van der Waals surface area contributed by atoms with Crippen molar-refractivity contribution in [3.63, 3.8) is 0 Å². The average molecular weight is 480 g/mol. The molecule has 0 saturated carbocycles. The maximum absolute atomic E-state index is 12.8. The highest BCUT2D eigenvalue weighted by molar-refractivity contribution is 6.35. The van der Waals surface area contributed by atoms with Gasteiger partial charge in [-0.3, -0.25) is 14.4 Å². The quantitative estimate of drug-likeness (QED) is 0.312. The second-order valence-corrected chi connectivity index (χ2v) is 9.42. The molecule has 0 aliphatic carbocycles. The normalized spacial score (nSPS) is 14.4. The van der Waals surface area contributed by atoms with E-state index in [0.29, 0.717) is 0 Å². The Morgan fingerprint density at radius 3 is 1.76 bits per heavy atom. The molecule has 0 bridgehead atoms. The van der Waals surface area contributed by atoms with Gasteiger partial charge in [0.2, 0.25) is 18.2 Å². The molecule has 0 heterocycles. The molecule has 190 valence electrons. The van der Waals surface area contributed by atoms with E-state index >= 15 is 0 Å². The van der Waals surface area contributed by atoms with Crippen molar-refractivity contribution < 1.29 is 42.6 Å². The molecular weight excluding hydrogens is 444 g/mol. The first-order chi connectivity index (χ1) is 14.9. The van der Waals surface area contributed by atoms with Gasteiger partial charge in [-0.15, -0.1) is 0 Å². The first kappa shape index (κ1) is 30.2. The lowest BCUT2D eigenvalue weighted by Gasteiger charge is -2.28. The van der Waals surface area contributed by atoms with Crippen LogP contribution in [0.25, 0.3) is 0 Å². The number of hydrogen-bond donors (Lipinski definition) is 4. The number of carbonyl (C=O) groups is 5. The van der Waals surface area contributed by atoms with Crippen LogP contribution in [0.1, 0.15) is 61.3 Å². The summed E-state index contributed by atoms with van der Waals surface area (Å²) < 4.78 is 30.7. The third-order valence-corrected chi connectivity index (χ3v) is 4.22. The van der Waals surface area contributed by atoms with Gasteiger partial charge < -0.3 is 25.8 Å². The molecule has 0 aromatic carbocycles. The number of carbonyl (C=O) groups excluding carboxylic acids is 4. The summed E-state index contributed by atoms with van der Waals surface area (Å²) in [6, 6.07) is -4.30. The monoisotopic (exact) mass is 479 g/mol. The Balaban J connectivity index is 5.58. The zero-order chi connectivity index (χ0) is 26.1. The van der Waals surface area contributed by atoms with Crippen LogP contribution in [0.5, 0.6) is 0 Å². The summed E-state index contributed by atoms with van der Waals surface area (Å²) in [6.45, 7) is 11.7. The number of ketones is 1. The van der Waals surface area contributed by atoms with Crippen molar-refractivity contribution in [1.82, 2.24) is 16.0 Å². The van der Waals surface area contributed by atoms with Crippen molar-refractivity contribution in [3.8, 4) is 0 Å². The fourth-order valence-corrected chi connectivity index (χ4v) is 2.76. The van der Waals surface area contributed by atoms with Crippen molar-refractivity contribution in [2.45, 2.75) is 91.5 Å². The predicted octanol–water partition coefficient (Wildman–Crippen LogP) is 1.86. The lowest BCUT2D eigenvalue weighted by Crippen LogP contribution is -2.58. The van der Waals surface area contributed by atoms with E-state index in [1.54, 1.807) is 48.5 Å². The van der Waals surface area contributed by atoms with Gasteiger partial charge in [0.05, 0.1) is 0 Å². The van der Waals surface area contributed by atoms with Gasteiger partial charge in [-0.05, 0) is 39.0 Å². The first-order valence-corrected chi connectivity index (χ1v) is 10.6. The molecule has 0 aliphatic rings. The van der Waals surface area contributed by atoms with Crippen LogP contribution in [0.15, 0.2) is 0 Å². The Hall–Kier alpha value is -2.79. The lowest BCUT2D eigenvalue weighted by molar-refractivity contribution is -0.151. The topological polar surface area (TPSA) is 151 Å². The van der Waals surface area contributed by atoms with E-state index in [4.69, 9.17) is 9.84 Å². The van der Waals surface area contributed by atoms with E-state index in [2.05, 4.69) is 10.6 Å². The highest BCUT2D eigenvalue weighted by Crippen LogP contribution is 2.12. The maximum atomic E-state index is 12.8. The molecule has 4 N–H and O–H groups in total. The summed E-state index contributed by atoms with van der Waals surface area (Å²) in [4.78, 5) is 60.3. The molecule has 0 radical (unpaired) electrons. The molecule has 0 spiro atoms. The minimum Gasteiger partial charge on any atom is -0.475 e. The Morgan fingerprint density at radius 1 is 0.848 bits per heavy atom. The number of ether oxygens (including phenoxy) is 1. The molecule has 0 aromatic heterocycles. The van der Waals surface area contributed by atoms with Crippen LogP contribution in [-0.2, 0) is 23.9 Å². The van der Waals surface area contributed by atoms with Crippen LogP contribution >= 0.6 is 0 Å². The smallest absolute Gasteiger partial charge is 0.408 e. The lowest BCUT2D eigenvalue weighted by atomic mass is 9.99. The first-order valence-electron chi connectivity index (χ1n) is 10.6. The number of Topliss-reactive ketones (excluding diaryl/α,β-unsaturated/α-hetero) is 1. The number of halogens is 2. The highest BCUT2D eigenvalue weighted by atomic mass is 19.3. The largest absolute Gasteiger partial charge is 0.475 e. The second-order valence-electron chi connectivity index (χ2n) is 9.42. The number of nitrogens with one attached hydrogen (secondary N) is 3. The maximum Gasteiger partial charge on any atom is 0.408 e. The van der Waals surface area contributed by atoms with E-state index in [0.717, 1.165) is 0 Å². The van der Waals surface area contributed by atoms with Gasteiger partial charge in [-0.1, -0.05) is 27.7 Å². The molecule has 10 nitrogen and oxygen atoms in total. The fraction of sp³-hybridized carbons (Fsp3) is 0.762. The van der Waals surface area contributed by atoms with E-state index in [9.17, 15) is 32.8 Å². The standard InChI is InChI=1S/C21H35F2N3O7/c1-10(2)8-13(17(28)24-12(9-14(22)23)16(27)19(30)31)25-18(29)15(11(3)4)26-20(32)33-21(5,6)7/h10-15H,8-9H2,1-7H3,(H,24,28)(H,25,29)(H,26,32)(H,30,31)/t12?,13-,15-/m0/s1. The Labute approximate surface area is 192 Å². The molecule has 0 saturated heterocycles. The zero-order valence-corrected chi connectivity index (χ0v) is 20.0. The van der Waals surface area contributed by atoms with Crippen molar-refractivity contribution in [2.24, 2.45) is 11.8 Å². The number of alkyl halides is 2. The highest BCUT2D eigenvalue weighted by Gasteiger charge is 2.34. The molecule has 3 amide bonds. The van der Waals surface area contributed by atoms with Crippen LogP contribution in [0.2, 0.25) is 0 Å². The third kappa shape index (κ3) is 12.1. The van der Waals surface area contributed by atoms with Crippen molar-refractivity contribution in [1.29, 1.82) is 0 Å². The van der Waals surface area contributed by atoms with Gasteiger partial charge in [0, 0.05) is 6.42 Å². The van der Waals surface area contributed by atoms with Gasteiger partial charge >= 0.3 is 12.1 Å². The predicted molar refractivity (Wildman–Crippen MR) is 115 cm³/mol. The second kappa shape index (κ2) is 13.0. The van der Waals surface area contributed by atoms with Gasteiger partial charge in [0.25, 0.3) is 5.78 Å². The van der Waals surface area contributed by atoms with Crippen molar-refractivity contribution in [3.05, 3.63) is 0 Å². The number of carboxylic acids is 1. The molecule has 0 aliphatic heterocycles. The van der Waals surface area contributed by atoms with Crippen LogP contribution in [0.3, 0.4) is 0 Å².